The van der Waals surface area contributed by atoms with Crippen LogP contribution in [0.15, 0.2) is 24.3 Å². The maximum atomic E-state index is 10.6. The van der Waals surface area contributed by atoms with Crippen molar-refractivity contribution < 1.29 is 10.0 Å². The Balaban J connectivity index is 2.73. The summed E-state index contributed by atoms with van der Waals surface area (Å²) in [6, 6.07) is 6.38. The summed E-state index contributed by atoms with van der Waals surface area (Å²) >= 11 is 0. The van der Waals surface area contributed by atoms with E-state index in [1.807, 2.05) is 0 Å². The van der Waals surface area contributed by atoms with Crippen LogP contribution in [0.5, 0.6) is 0 Å². The van der Waals surface area contributed by atoms with Crippen molar-refractivity contribution in [3.63, 3.8) is 0 Å². The molecular formula is C9H8N2O3. The van der Waals surface area contributed by atoms with E-state index >= 15 is 0 Å². The molecule has 0 fully saturated rings. The minimum absolute atomic E-state index is 0.0541. The van der Waals surface area contributed by atoms with E-state index in [1.54, 1.807) is 18.2 Å². The van der Waals surface area contributed by atoms with Gasteiger partial charge in [-0.15, -0.1) is 0 Å². The van der Waals surface area contributed by atoms with E-state index in [0.29, 0.717) is 16.6 Å². The number of hydrogen-bond acceptors (Lipinski definition) is 3. The molecule has 1 aromatic heterocycles. The summed E-state index contributed by atoms with van der Waals surface area (Å²) in [6.45, 7) is -0.147. The molecule has 72 valence electrons. The zero-order chi connectivity index (χ0) is 10.1. The van der Waals surface area contributed by atoms with E-state index < -0.39 is 4.92 Å². The van der Waals surface area contributed by atoms with Crippen LogP contribution < -0.4 is 0 Å². The van der Waals surface area contributed by atoms with Gasteiger partial charge < -0.3 is 10.1 Å². The Bertz CT molecular complexity index is 490. The second-order valence-electron chi connectivity index (χ2n) is 2.95. The zero-order valence-electron chi connectivity index (χ0n) is 7.23. The molecule has 0 spiro atoms. The number of aliphatic hydroxyl groups is 1. The third kappa shape index (κ3) is 1.23. The quantitative estimate of drug-likeness (QED) is 0.559. The predicted octanol–water partition coefficient (Wildman–Crippen LogP) is 1.57. The highest BCUT2D eigenvalue weighted by atomic mass is 16.6. The smallest absolute Gasteiger partial charge is 0.278 e. The van der Waals surface area contributed by atoms with Crippen molar-refractivity contribution in [1.82, 2.24) is 4.98 Å². The van der Waals surface area contributed by atoms with Crippen LogP contribution in [0.2, 0.25) is 0 Å². The summed E-state index contributed by atoms with van der Waals surface area (Å²) in [7, 11) is 0. The van der Waals surface area contributed by atoms with E-state index in [0.717, 1.165) is 0 Å². The molecule has 0 aliphatic rings. The molecule has 14 heavy (non-hydrogen) atoms. The summed E-state index contributed by atoms with van der Waals surface area (Å²) in [6.07, 6.45) is 0. The van der Waals surface area contributed by atoms with Gasteiger partial charge in [-0.2, -0.15) is 0 Å². The third-order valence-corrected chi connectivity index (χ3v) is 2.06. The number of nitrogens with one attached hydrogen (secondary N) is 1. The number of nitro groups is 1. The highest BCUT2D eigenvalue weighted by Gasteiger charge is 2.12. The highest BCUT2D eigenvalue weighted by molar-refractivity contribution is 5.89. The molecule has 1 heterocycles. The highest BCUT2D eigenvalue weighted by Crippen LogP contribution is 2.25. The molecule has 0 amide bonds. The summed E-state index contributed by atoms with van der Waals surface area (Å²) in [5, 5.41) is 20.0. The van der Waals surface area contributed by atoms with Crippen molar-refractivity contribution in [1.29, 1.82) is 0 Å². The number of hydrogen-bond donors (Lipinski definition) is 2. The fourth-order valence-corrected chi connectivity index (χ4v) is 1.44. The van der Waals surface area contributed by atoms with Crippen LogP contribution in [0.1, 0.15) is 5.69 Å². The number of benzene rings is 1. The Morgan fingerprint density at radius 1 is 1.50 bits per heavy atom. The average molecular weight is 192 g/mol. The first-order chi connectivity index (χ1) is 6.72. The SMILES string of the molecule is O=[N+]([O-])c1cccc2[nH]c(CO)cc12. The molecule has 0 aliphatic carbocycles. The number of rotatable bonds is 2. The van der Waals surface area contributed by atoms with Crippen LogP contribution in [0.3, 0.4) is 0 Å². The zero-order valence-corrected chi connectivity index (χ0v) is 7.23. The maximum absolute atomic E-state index is 10.6. The van der Waals surface area contributed by atoms with Gasteiger partial charge in [0, 0.05) is 11.8 Å². The number of nitro benzene ring substituents is 1. The lowest BCUT2D eigenvalue weighted by atomic mass is 10.2. The van der Waals surface area contributed by atoms with Crippen LogP contribution in [0.4, 0.5) is 5.69 Å². The van der Waals surface area contributed by atoms with E-state index in [2.05, 4.69) is 4.98 Å². The van der Waals surface area contributed by atoms with Gasteiger partial charge in [-0.3, -0.25) is 10.1 Å². The van der Waals surface area contributed by atoms with E-state index in [4.69, 9.17) is 5.11 Å². The van der Waals surface area contributed by atoms with Crippen molar-refractivity contribution in [2.45, 2.75) is 6.61 Å². The fraction of sp³-hybridized carbons (Fsp3) is 0.111. The number of aromatic amines is 1. The van der Waals surface area contributed by atoms with Gasteiger partial charge in [-0.05, 0) is 12.1 Å². The van der Waals surface area contributed by atoms with E-state index in [9.17, 15) is 10.1 Å². The van der Waals surface area contributed by atoms with Gasteiger partial charge in [-0.25, -0.2) is 0 Å². The van der Waals surface area contributed by atoms with Crippen molar-refractivity contribution >= 4 is 16.6 Å². The molecule has 0 atom stereocenters. The Morgan fingerprint density at radius 3 is 2.93 bits per heavy atom. The van der Waals surface area contributed by atoms with Gasteiger partial charge in [0.15, 0.2) is 0 Å². The van der Waals surface area contributed by atoms with Crippen molar-refractivity contribution in [3.05, 3.63) is 40.1 Å². The Hall–Kier alpha value is -1.88. The number of non-ortho nitro benzene ring substituents is 1. The topological polar surface area (TPSA) is 79.2 Å². The molecule has 2 rings (SSSR count). The third-order valence-electron chi connectivity index (χ3n) is 2.06. The minimum atomic E-state index is -0.433. The molecule has 2 N–H and O–H groups in total. The molecule has 0 saturated heterocycles. The summed E-state index contributed by atoms with van der Waals surface area (Å²) in [4.78, 5) is 13.1. The lowest BCUT2D eigenvalue weighted by Crippen LogP contribution is -1.87. The van der Waals surface area contributed by atoms with Crippen LogP contribution in [-0.2, 0) is 6.61 Å². The van der Waals surface area contributed by atoms with Gasteiger partial charge in [0.1, 0.15) is 0 Å². The number of nitrogens with zero attached hydrogens (tertiary/aromatic N) is 1. The first-order valence-corrected chi connectivity index (χ1v) is 4.08. The molecule has 0 radical (unpaired) electrons. The molecule has 0 unspecified atom stereocenters. The lowest BCUT2D eigenvalue weighted by Gasteiger charge is -1.91. The summed E-state index contributed by atoms with van der Waals surface area (Å²) in [5.74, 6) is 0. The molecule has 0 bridgehead atoms. The van der Waals surface area contributed by atoms with Gasteiger partial charge >= 0.3 is 0 Å². The number of aromatic nitrogens is 1. The second kappa shape index (κ2) is 3.12. The Labute approximate surface area is 79.1 Å². The van der Waals surface area contributed by atoms with Gasteiger partial charge in [0.2, 0.25) is 0 Å². The summed E-state index contributed by atoms with van der Waals surface area (Å²) < 4.78 is 0. The normalized spacial score (nSPS) is 10.6. The van der Waals surface area contributed by atoms with Crippen molar-refractivity contribution in [3.8, 4) is 0 Å². The van der Waals surface area contributed by atoms with Crippen molar-refractivity contribution in [2.24, 2.45) is 0 Å². The molecule has 5 heteroatoms. The predicted molar refractivity (Wildman–Crippen MR) is 50.9 cm³/mol. The van der Waals surface area contributed by atoms with Crippen LogP contribution in [0, 0.1) is 10.1 Å². The van der Waals surface area contributed by atoms with Crippen LogP contribution >= 0.6 is 0 Å². The number of fused-ring (bicyclic) bond motifs is 1. The van der Waals surface area contributed by atoms with Crippen LogP contribution in [-0.4, -0.2) is 15.0 Å². The molecule has 0 saturated carbocycles. The summed E-state index contributed by atoms with van der Waals surface area (Å²) in [5.41, 5.74) is 1.30. The molecule has 1 aromatic carbocycles. The largest absolute Gasteiger partial charge is 0.390 e. The molecule has 5 nitrogen and oxygen atoms in total. The average Bonchev–Trinajstić information content (AvgIpc) is 2.59. The van der Waals surface area contributed by atoms with Gasteiger partial charge in [-0.1, -0.05) is 6.07 Å². The first kappa shape index (κ1) is 8.71. The molecule has 2 aromatic rings. The van der Waals surface area contributed by atoms with Crippen molar-refractivity contribution in [2.75, 3.05) is 0 Å². The lowest BCUT2D eigenvalue weighted by molar-refractivity contribution is -0.383. The maximum Gasteiger partial charge on any atom is 0.278 e. The van der Waals surface area contributed by atoms with Gasteiger partial charge in [0.05, 0.1) is 22.4 Å². The van der Waals surface area contributed by atoms with E-state index in [1.165, 1.54) is 6.07 Å². The number of aliphatic hydroxyl groups excluding tert-OH is 1. The Kier molecular flexibility index (Phi) is 1.94. The van der Waals surface area contributed by atoms with Crippen LogP contribution in [0.25, 0.3) is 10.9 Å². The standard InChI is InChI=1S/C9H8N2O3/c12-5-6-4-7-8(10-6)2-1-3-9(7)11(13)14/h1-4,10,12H,5H2. The Morgan fingerprint density at radius 2 is 2.29 bits per heavy atom. The second-order valence-corrected chi connectivity index (χ2v) is 2.95. The monoisotopic (exact) mass is 192 g/mol. The molecular weight excluding hydrogens is 184 g/mol. The minimum Gasteiger partial charge on any atom is -0.390 e. The van der Waals surface area contributed by atoms with E-state index in [-0.39, 0.29) is 12.3 Å². The van der Waals surface area contributed by atoms with Gasteiger partial charge in [0.25, 0.3) is 5.69 Å². The molecule has 0 aliphatic heterocycles. The fourth-order valence-electron chi connectivity index (χ4n) is 1.44. The number of H-pyrrole nitrogens is 1. The first-order valence-electron chi connectivity index (χ1n) is 4.08.